The lowest BCUT2D eigenvalue weighted by Crippen LogP contribution is -2.40. The average Bonchev–Trinajstić information content (AvgIpc) is 2.28. The van der Waals surface area contributed by atoms with E-state index in [1.54, 1.807) is 7.11 Å². The summed E-state index contributed by atoms with van der Waals surface area (Å²) < 4.78 is 5.13. The Labute approximate surface area is 119 Å². The molecule has 0 aromatic carbocycles. The van der Waals surface area contributed by atoms with Gasteiger partial charge in [0.2, 0.25) is 5.91 Å². The van der Waals surface area contributed by atoms with E-state index in [0.29, 0.717) is 18.4 Å². The largest absolute Gasteiger partial charge is 0.384 e. The van der Waals surface area contributed by atoms with Gasteiger partial charge in [-0.15, -0.1) is 0 Å². The van der Waals surface area contributed by atoms with Crippen molar-refractivity contribution in [2.75, 3.05) is 46.9 Å². The molecule has 1 amide bonds. The van der Waals surface area contributed by atoms with Gasteiger partial charge in [-0.25, -0.2) is 0 Å². The number of carbonyl (C=O) groups is 1. The fourth-order valence-corrected chi connectivity index (χ4v) is 2.22. The van der Waals surface area contributed by atoms with Crippen molar-refractivity contribution in [2.45, 2.75) is 34.1 Å². The highest BCUT2D eigenvalue weighted by Gasteiger charge is 2.15. The number of hydrogen-bond donors (Lipinski definition) is 0. The zero-order valence-electron chi connectivity index (χ0n) is 13.6. The van der Waals surface area contributed by atoms with E-state index in [1.165, 1.54) is 0 Å². The van der Waals surface area contributed by atoms with Crippen molar-refractivity contribution in [1.29, 1.82) is 0 Å². The van der Waals surface area contributed by atoms with Gasteiger partial charge in [0.1, 0.15) is 0 Å². The van der Waals surface area contributed by atoms with Crippen molar-refractivity contribution in [3.05, 3.63) is 0 Å². The number of methoxy groups -OCH3 is 1. The van der Waals surface area contributed by atoms with Crippen molar-refractivity contribution in [3.8, 4) is 0 Å². The van der Waals surface area contributed by atoms with E-state index < -0.39 is 0 Å². The molecule has 1 unspecified atom stereocenters. The lowest BCUT2D eigenvalue weighted by molar-refractivity contribution is -0.132. The van der Waals surface area contributed by atoms with Crippen molar-refractivity contribution >= 4 is 5.91 Å². The Hall–Kier alpha value is -0.610. The highest BCUT2D eigenvalue weighted by atomic mass is 16.5. The molecule has 1 atom stereocenters. The third kappa shape index (κ3) is 9.00. The Morgan fingerprint density at radius 3 is 2.37 bits per heavy atom. The van der Waals surface area contributed by atoms with Crippen LogP contribution in [-0.4, -0.2) is 62.7 Å². The molecule has 4 heteroatoms. The summed E-state index contributed by atoms with van der Waals surface area (Å²) in [5, 5.41) is 0. The molecule has 4 nitrogen and oxygen atoms in total. The molecule has 0 aliphatic heterocycles. The van der Waals surface area contributed by atoms with Crippen LogP contribution in [0.2, 0.25) is 0 Å². The Morgan fingerprint density at radius 1 is 1.26 bits per heavy atom. The third-order valence-corrected chi connectivity index (χ3v) is 3.16. The molecule has 114 valence electrons. The van der Waals surface area contributed by atoms with Gasteiger partial charge >= 0.3 is 0 Å². The SMILES string of the molecule is CCN(CCC(C)COC)C(=O)CN(C)CC(C)C. The average molecular weight is 272 g/mol. The Balaban J connectivity index is 4.10. The summed E-state index contributed by atoms with van der Waals surface area (Å²) in [7, 11) is 3.74. The number of rotatable bonds is 10. The maximum Gasteiger partial charge on any atom is 0.236 e. The zero-order chi connectivity index (χ0) is 14.8. The molecule has 0 aliphatic carbocycles. The first-order valence-electron chi connectivity index (χ1n) is 7.35. The second-order valence-corrected chi connectivity index (χ2v) is 5.91. The van der Waals surface area contributed by atoms with E-state index in [0.717, 1.165) is 32.7 Å². The van der Waals surface area contributed by atoms with Crippen LogP contribution in [0.5, 0.6) is 0 Å². The number of nitrogens with zero attached hydrogens (tertiary/aromatic N) is 2. The number of carbonyl (C=O) groups excluding carboxylic acids is 1. The van der Waals surface area contributed by atoms with Crippen LogP contribution in [0.25, 0.3) is 0 Å². The summed E-state index contributed by atoms with van der Waals surface area (Å²) in [6, 6.07) is 0. The van der Waals surface area contributed by atoms with Gasteiger partial charge in [0.05, 0.1) is 6.54 Å². The highest BCUT2D eigenvalue weighted by molar-refractivity contribution is 5.78. The molecule has 0 saturated carbocycles. The molecular weight excluding hydrogens is 240 g/mol. The molecule has 0 bridgehead atoms. The molecule has 0 fully saturated rings. The van der Waals surface area contributed by atoms with Gasteiger partial charge in [-0.2, -0.15) is 0 Å². The monoisotopic (exact) mass is 272 g/mol. The summed E-state index contributed by atoms with van der Waals surface area (Å²) in [5.74, 6) is 1.32. The van der Waals surface area contributed by atoms with Crippen LogP contribution in [0.1, 0.15) is 34.1 Å². The highest BCUT2D eigenvalue weighted by Crippen LogP contribution is 2.05. The van der Waals surface area contributed by atoms with E-state index in [2.05, 4.69) is 25.7 Å². The first-order chi connectivity index (χ1) is 8.90. The summed E-state index contributed by atoms with van der Waals surface area (Å²) in [4.78, 5) is 16.2. The molecule has 0 aliphatic rings. The molecule has 0 radical (unpaired) electrons. The van der Waals surface area contributed by atoms with Crippen LogP contribution in [0.15, 0.2) is 0 Å². The Morgan fingerprint density at radius 2 is 1.89 bits per heavy atom. The number of amides is 1. The van der Waals surface area contributed by atoms with Crippen LogP contribution in [0.4, 0.5) is 0 Å². The van der Waals surface area contributed by atoms with Gasteiger partial charge in [-0.3, -0.25) is 9.69 Å². The Kier molecular flexibility index (Phi) is 9.88. The topological polar surface area (TPSA) is 32.8 Å². The molecule has 0 heterocycles. The Bertz CT molecular complexity index is 244. The van der Waals surface area contributed by atoms with Gasteiger partial charge in [0.15, 0.2) is 0 Å². The molecule has 19 heavy (non-hydrogen) atoms. The van der Waals surface area contributed by atoms with E-state index in [4.69, 9.17) is 4.74 Å². The quantitative estimate of drug-likeness (QED) is 0.610. The lowest BCUT2D eigenvalue weighted by atomic mass is 10.1. The van der Waals surface area contributed by atoms with Gasteiger partial charge in [-0.1, -0.05) is 20.8 Å². The van der Waals surface area contributed by atoms with Gasteiger partial charge < -0.3 is 9.64 Å². The van der Waals surface area contributed by atoms with E-state index >= 15 is 0 Å². The minimum atomic E-state index is 0.232. The molecule has 0 aromatic rings. The van der Waals surface area contributed by atoms with Gasteiger partial charge in [0.25, 0.3) is 0 Å². The van der Waals surface area contributed by atoms with Gasteiger partial charge in [0, 0.05) is 33.4 Å². The van der Waals surface area contributed by atoms with E-state index in [-0.39, 0.29) is 5.91 Å². The maximum absolute atomic E-state index is 12.2. The van der Waals surface area contributed by atoms with Crippen LogP contribution in [0, 0.1) is 11.8 Å². The smallest absolute Gasteiger partial charge is 0.236 e. The summed E-state index contributed by atoms with van der Waals surface area (Å²) >= 11 is 0. The standard InChI is InChI=1S/C15H32N2O2/c1-7-17(9-8-14(4)12-19-6)15(18)11-16(5)10-13(2)3/h13-14H,7-12H2,1-6H3. The summed E-state index contributed by atoms with van der Waals surface area (Å²) in [5.41, 5.74) is 0. The maximum atomic E-state index is 12.2. The fraction of sp³-hybridized carbons (Fsp3) is 0.933. The number of ether oxygens (including phenoxy) is 1. The second-order valence-electron chi connectivity index (χ2n) is 5.91. The summed E-state index contributed by atoms with van der Waals surface area (Å²) in [6.45, 7) is 12.4. The normalized spacial score (nSPS) is 13.1. The molecular formula is C15H32N2O2. The number of likely N-dealkylation sites (N-methyl/N-ethyl adjacent to an activating group) is 2. The first-order valence-corrected chi connectivity index (χ1v) is 7.35. The van der Waals surface area contributed by atoms with Crippen molar-refractivity contribution in [2.24, 2.45) is 11.8 Å². The van der Waals surface area contributed by atoms with Crippen LogP contribution in [0.3, 0.4) is 0 Å². The second kappa shape index (κ2) is 10.2. The van der Waals surface area contributed by atoms with E-state index in [1.807, 2.05) is 18.9 Å². The zero-order valence-corrected chi connectivity index (χ0v) is 13.6. The molecule has 0 N–H and O–H groups in total. The fourth-order valence-electron chi connectivity index (χ4n) is 2.22. The van der Waals surface area contributed by atoms with Crippen LogP contribution in [-0.2, 0) is 9.53 Å². The minimum Gasteiger partial charge on any atom is -0.384 e. The van der Waals surface area contributed by atoms with Crippen molar-refractivity contribution in [3.63, 3.8) is 0 Å². The van der Waals surface area contributed by atoms with Crippen molar-refractivity contribution in [1.82, 2.24) is 9.80 Å². The predicted molar refractivity (Wildman–Crippen MR) is 80.2 cm³/mol. The first kappa shape index (κ1) is 18.4. The summed E-state index contributed by atoms with van der Waals surface area (Å²) in [6.07, 6.45) is 1.00. The molecule has 0 rings (SSSR count). The van der Waals surface area contributed by atoms with E-state index in [9.17, 15) is 4.79 Å². The number of hydrogen-bond acceptors (Lipinski definition) is 3. The van der Waals surface area contributed by atoms with Gasteiger partial charge in [-0.05, 0) is 32.2 Å². The van der Waals surface area contributed by atoms with Crippen LogP contribution < -0.4 is 0 Å². The lowest BCUT2D eigenvalue weighted by Gasteiger charge is -2.26. The predicted octanol–water partition coefficient (Wildman–Crippen LogP) is 2.10. The third-order valence-electron chi connectivity index (χ3n) is 3.16. The minimum absolute atomic E-state index is 0.232. The molecule has 0 spiro atoms. The van der Waals surface area contributed by atoms with Crippen LogP contribution >= 0.6 is 0 Å². The molecule has 0 aromatic heterocycles. The molecule has 0 saturated heterocycles. The van der Waals surface area contributed by atoms with Crippen molar-refractivity contribution < 1.29 is 9.53 Å².